The monoisotopic (exact) mass is 573 g/mol. The normalized spacial score (nSPS) is 12.7. The molecular formula is C31H22F3N3O5. The number of ether oxygens (including phenoxy) is 4. The fourth-order valence-corrected chi connectivity index (χ4v) is 4.51. The number of rotatable bonds is 7. The molecule has 0 fully saturated rings. The lowest BCUT2D eigenvalue weighted by Crippen LogP contribution is -2.20. The summed E-state index contributed by atoms with van der Waals surface area (Å²) in [6, 6.07) is 21.8. The molecule has 0 spiro atoms. The molecule has 6 rings (SSSR count). The van der Waals surface area contributed by atoms with Crippen molar-refractivity contribution in [1.29, 1.82) is 0 Å². The Bertz CT molecular complexity index is 1890. The Kier molecular flexibility index (Phi) is 6.99. The van der Waals surface area contributed by atoms with E-state index in [2.05, 4.69) is 10.1 Å². The molecule has 0 bridgehead atoms. The minimum atomic E-state index is -4.58. The van der Waals surface area contributed by atoms with Crippen LogP contribution in [0.5, 0.6) is 23.0 Å². The molecule has 1 aliphatic rings. The molecule has 0 saturated heterocycles. The van der Waals surface area contributed by atoms with Gasteiger partial charge < -0.3 is 18.9 Å². The fourth-order valence-electron chi connectivity index (χ4n) is 4.51. The van der Waals surface area contributed by atoms with Crippen LogP contribution in [-0.4, -0.2) is 29.8 Å². The Morgan fingerprint density at radius 2 is 1.79 bits per heavy atom. The second-order valence-corrected chi connectivity index (χ2v) is 9.25. The van der Waals surface area contributed by atoms with Crippen LogP contribution in [0.25, 0.3) is 22.3 Å². The zero-order valence-electron chi connectivity index (χ0n) is 22.1. The molecule has 2 heterocycles. The average molecular weight is 574 g/mol. The Morgan fingerprint density at radius 1 is 0.976 bits per heavy atom. The number of nitrogens with zero attached hydrogens (tertiary/aromatic N) is 3. The van der Waals surface area contributed by atoms with Crippen molar-refractivity contribution in [3.8, 4) is 34.4 Å². The van der Waals surface area contributed by atoms with Gasteiger partial charge in [-0.1, -0.05) is 36.4 Å². The van der Waals surface area contributed by atoms with Gasteiger partial charge in [0, 0.05) is 11.1 Å². The zero-order chi connectivity index (χ0) is 29.3. The first kappa shape index (κ1) is 26.9. The first-order valence-corrected chi connectivity index (χ1v) is 12.7. The lowest BCUT2D eigenvalue weighted by molar-refractivity contribution is -0.137. The number of benzene rings is 4. The Labute approximate surface area is 237 Å². The van der Waals surface area contributed by atoms with Gasteiger partial charge in [-0.05, 0) is 54.1 Å². The average Bonchev–Trinajstić information content (AvgIpc) is 3.47. The minimum absolute atomic E-state index is 0.0493. The van der Waals surface area contributed by atoms with Gasteiger partial charge in [-0.25, -0.2) is 4.98 Å². The zero-order valence-corrected chi connectivity index (χ0v) is 22.1. The van der Waals surface area contributed by atoms with Gasteiger partial charge in [0.05, 0.1) is 29.8 Å². The quantitative estimate of drug-likeness (QED) is 0.213. The summed E-state index contributed by atoms with van der Waals surface area (Å²) in [6.45, 7) is 0.309. The summed E-state index contributed by atoms with van der Waals surface area (Å²) in [5.74, 6) is 1.98. The molecule has 11 heteroatoms. The molecule has 5 aromatic rings. The molecule has 0 saturated carbocycles. The van der Waals surface area contributed by atoms with Crippen molar-refractivity contribution in [3.05, 3.63) is 112 Å². The van der Waals surface area contributed by atoms with Crippen LogP contribution in [0.3, 0.4) is 0 Å². The van der Waals surface area contributed by atoms with Crippen LogP contribution in [0.2, 0.25) is 0 Å². The summed E-state index contributed by atoms with van der Waals surface area (Å²) in [5.41, 5.74) is 0.269. The van der Waals surface area contributed by atoms with E-state index in [-0.39, 0.29) is 30.2 Å². The molecule has 0 aliphatic carbocycles. The number of hydrogen-bond acceptors (Lipinski definition) is 7. The van der Waals surface area contributed by atoms with E-state index in [1.807, 2.05) is 12.1 Å². The Morgan fingerprint density at radius 3 is 2.62 bits per heavy atom. The molecule has 0 atom stereocenters. The van der Waals surface area contributed by atoms with Crippen molar-refractivity contribution < 1.29 is 32.1 Å². The van der Waals surface area contributed by atoms with Crippen molar-refractivity contribution in [2.75, 3.05) is 13.9 Å². The summed E-state index contributed by atoms with van der Waals surface area (Å²) in [4.78, 5) is 18.1. The molecule has 0 radical (unpaired) electrons. The summed E-state index contributed by atoms with van der Waals surface area (Å²) in [6.07, 6.45) is -3.20. The molecule has 0 N–H and O–H groups in total. The van der Waals surface area contributed by atoms with Gasteiger partial charge in [0.15, 0.2) is 28.8 Å². The van der Waals surface area contributed by atoms with E-state index in [0.717, 1.165) is 22.4 Å². The number of methoxy groups -OCH3 is 1. The molecule has 8 nitrogen and oxygen atoms in total. The van der Waals surface area contributed by atoms with Crippen molar-refractivity contribution in [3.63, 3.8) is 0 Å². The fraction of sp³-hybridized carbons (Fsp3) is 0.129. The van der Waals surface area contributed by atoms with E-state index in [0.29, 0.717) is 34.1 Å². The predicted octanol–water partition coefficient (Wildman–Crippen LogP) is 6.28. The van der Waals surface area contributed by atoms with Crippen molar-refractivity contribution >= 4 is 17.1 Å². The highest BCUT2D eigenvalue weighted by atomic mass is 19.4. The van der Waals surface area contributed by atoms with Crippen molar-refractivity contribution in [2.45, 2.75) is 12.8 Å². The molecular weight excluding hydrogens is 551 g/mol. The second-order valence-electron chi connectivity index (χ2n) is 9.25. The number of para-hydroxylation sites is 2. The number of alkyl halides is 3. The lowest BCUT2D eigenvalue weighted by Gasteiger charge is -2.14. The van der Waals surface area contributed by atoms with Gasteiger partial charge in [0.1, 0.15) is 6.61 Å². The van der Waals surface area contributed by atoms with Crippen molar-refractivity contribution in [1.82, 2.24) is 9.66 Å². The van der Waals surface area contributed by atoms with Gasteiger partial charge >= 0.3 is 6.18 Å². The summed E-state index contributed by atoms with van der Waals surface area (Å²) < 4.78 is 63.9. The third-order valence-corrected chi connectivity index (χ3v) is 6.56. The van der Waals surface area contributed by atoms with E-state index >= 15 is 0 Å². The third kappa shape index (κ3) is 5.24. The Balaban J connectivity index is 1.41. The van der Waals surface area contributed by atoms with Crippen LogP contribution in [-0.2, 0) is 12.8 Å². The van der Waals surface area contributed by atoms with Gasteiger partial charge in [-0.15, -0.1) is 0 Å². The topological polar surface area (TPSA) is 84.2 Å². The smallest absolute Gasteiger partial charge is 0.416 e. The van der Waals surface area contributed by atoms with Crippen molar-refractivity contribution in [2.24, 2.45) is 5.10 Å². The standard InChI is InChI=1S/C31H22F3N3O5/c1-39-26-11-5-7-21(28(26)40-17-19-12-13-25-27(14-19)42-18-41-25)16-35-37-29(20-6-4-8-22(15-20)31(32,33)34)36-24-10-3-2-9-23(24)30(37)38/h2-16H,17-18H2,1H3. The second kappa shape index (κ2) is 10.9. The van der Waals surface area contributed by atoms with E-state index in [9.17, 15) is 18.0 Å². The lowest BCUT2D eigenvalue weighted by atomic mass is 10.1. The number of halogens is 3. The van der Waals surface area contributed by atoms with Gasteiger partial charge in [0.25, 0.3) is 5.56 Å². The van der Waals surface area contributed by atoms with Crippen LogP contribution in [0.1, 0.15) is 16.7 Å². The molecule has 0 amide bonds. The maximum Gasteiger partial charge on any atom is 0.416 e. The van der Waals surface area contributed by atoms with E-state index in [4.69, 9.17) is 18.9 Å². The van der Waals surface area contributed by atoms with Crippen LogP contribution in [0.15, 0.2) is 94.8 Å². The number of fused-ring (bicyclic) bond motifs is 2. The summed E-state index contributed by atoms with van der Waals surface area (Å²) >= 11 is 0. The van der Waals surface area contributed by atoms with Gasteiger partial charge in [-0.2, -0.15) is 22.9 Å². The molecule has 0 unspecified atom stereocenters. The Hall–Kier alpha value is -5.32. The number of aromatic nitrogens is 2. The highest BCUT2D eigenvalue weighted by Gasteiger charge is 2.31. The van der Waals surface area contributed by atoms with Gasteiger partial charge in [-0.3, -0.25) is 4.79 Å². The minimum Gasteiger partial charge on any atom is -0.493 e. The SMILES string of the molecule is COc1cccc(C=Nn2c(-c3cccc(C(F)(F)F)c3)nc3ccccc3c2=O)c1OCc1ccc2c(c1)OCO2. The van der Waals surface area contributed by atoms with E-state index in [1.165, 1.54) is 25.5 Å². The van der Waals surface area contributed by atoms with Crippen LogP contribution < -0.4 is 24.5 Å². The summed E-state index contributed by atoms with van der Waals surface area (Å²) in [7, 11) is 1.49. The first-order valence-electron chi connectivity index (χ1n) is 12.7. The molecule has 1 aromatic heterocycles. The highest BCUT2D eigenvalue weighted by molar-refractivity contribution is 5.86. The van der Waals surface area contributed by atoms with Crippen LogP contribution >= 0.6 is 0 Å². The first-order chi connectivity index (χ1) is 20.3. The van der Waals surface area contributed by atoms with E-state index < -0.39 is 17.3 Å². The van der Waals surface area contributed by atoms with Crippen LogP contribution in [0.4, 0.5) is 13.2 Å². The maximum atomic E-state index is 13.5. The van der Waals surface area contributed by atoms with Gasteiger partial charge in [0.2, 0.25) is 6.79 Å². The predicted molar refractivity (Wildman–Crippen MR) is 149 cm³/mol. The molecule has 212 valence electrons. The van der Waals surface area contributed by atoms with Crippen LogP contribution in [0, 0.1) is 0 Å². The van der Waals surface area contributed by atoms with E-state index in [1.54, 1.807) is 48.5 Å². The highest BCUT2D eigenvalue weighted by Crippen LogP contribution is 2.35. The number of hydrogen-bond donors (Lipinski definition) is 0. The summed E-state index contributed by atoms with van der Waals surface area (Å²) in [5, 5.41) is 4.66. The molecule has 42 heavy (non-hydrogen) atoms. The largest absolute Gasteiger partial charge is 0.493 e. The molecule has 4 aromatic carbocycles. The third-order valence-electron chi connectivity index (χ3n) is 6.56. The molecule has 1 aliphatic heterocycles. The maximum absolute atomic E-state index is 13.5.